The average Bonchev–Trinajstić information content (AvgIpc) is 2.53. The molecule has 0 saturated heterocycles. The van der Waals surface area contributed by atoms with Crippen molar-refractivity contribution in [2.45, 2.75) is 89.3 Å². The third-order valence-electron chi connectivity index (χ3n) is 5.14. The van der Waals surface area contributed by atoms with Gasteiger partial charge in [-0.1, -0.05) is 38.5 Å². The second-order valence-electron chi connectivity index (χ2n) is 6.69. The van der Waals surface area contributed by atoms with Crippen molar-refractivity contribution >= 4 is 0 Å². The molecule has 2 heteroatoms. The molecule has 0 aromatic heterocycles. The maximum absolute atomic E-state index is 10.1. The quantitative estimate of drug-likeness (QED) is 0.771. The molecule has 2 N–H and O–H groups in total. The third kappa shape index (κ3) is 5.11. The fraction of sp³-hybridized carbons (Fsp3) is 0.889. The molecule has 2 nitrogen and oxygen atoms in total. The molecular weight excluding hydrogens is 248 g/mol. The fourth-order valence-corrected chi connectivity index (χ4v) is 3.72. The number of aliphatic hydroxyl groups excluding tert-OH is 2. The van der Waals surface area contributed by atoms with Gasteiger partial charge in [0.05, 0.1) is 12.2 Å². The van der Waals surface area contributed by atoms with Crippen molar-refractivity contribution in [1.82, 2.24) is 0 Å². The van der Waals surface area contributed by atoms with E-state index in [-0.39, 0.29) is 12.2 Å². The first-order valence-corrected chi connectivity index (χ1v) is 8.59. The van der Waals surface area contributed by atoms with Gasteiger partial charge >= 0.3 is 0 Å². The molecule has 2 aliphatic rings. The van der Waals surface area contributed by atoms with Crippen LogP contribution in [0, 0.1) is 23.7 Å². The van der Waals surface area contributed by atoms with E-state index in [9.17, 15) is 10.2 Å². The summed E-state index contributed by atoms with van der Waals surface area (Å²) < 4.78 is 0. The highest BCUT2D eigenvalue weighted by atomic mass is 16.3. The molecule has 114 valence electrons. The predicted octanol–water partition coefficient (Wildman–Crippen LogP) is 3.65. The SMILES string of the molecule is O[C@H](CC#CC[C@H](O)C1CCCCC1)C1CCCCC1. The molecule has 20 heavy (non-hydrogen) atoms. The van der Waals surface area contributed by atoms with E-state index in [0.29, 0.717) is 24.7 Å². The second kappa shape index (κ2) is 8.70. The van der Waals surface area contributed by atoms with Crippen LogP contribution in [0.5, 0.6) is 0 Å². The van der Waals surface area contributed by atoms with Gasteiger partial charge in [-0.2, -0.15) is 0 Å². The minimum Gasteiger partial charge on any atom is -0.392 e. The maximum atomic E-state index is 10.1. The van der Waals surface area contributed by atoms with Crippen molar-refractivity contribution in [3.8, 4) is 11.8 Å². The highest BCUT2D eigenvalue weighted by Crippen LogP contribution is 2.28. The largest absolute Gasteiger partial charge is 0.392 e. The zero-order chi connectivity index (χ0) is 14.2. The van der Waals surface area contributed by atoms with Crippen molar-refractivity contribution in [1.29, 1.82) is 0 Å². The number of aliphatic hydroxyl groups is 2. The summed E-state index contributed by atoms with van der Waals surface area (Å²) in [5, 5.41) is 20.2. The van der Waals surface area contributed by atoms with Gasteiger partial charge in [-0.15, -0.1) is 11.8 Å². The van der Waals surface area contributed by atoms with Gasteiger partial charge in [0.25, 0.3) is 0 Å². The molecule has 0 spiro atoms. The lowest BCUT2D eigenvalue weighted by Crippen LogP contribution is -2.23. The summed E-state index contributed by atoms with van der Waals surface area (Å²) >= 11 is 0. The lowest BCUT2D eigenvalue weighted by molar-refractivity contribution is 0.0870. The first-order chi connectivity index (χ1) is 9.77. The molecule has 0 aromatic carbocycles. The van der Waals surface area contributed by atoms with Crippen LogP contribution in [0.4, 0.5) is 0 Å². The van der Waals surface area contributed by atoms with Crippen LogP contribution < -0.4 is 0 Å². The van der Waals surface area contributed by atoms with Crippen LogP contribution in [0.25, 0.3) is 0 Å². The molecule has 0 unspecified atom stereocenters. The van der Waals surface area contributed by atoms with E-state index in [1.165, 1.54) is 38.5 Å². The maximum Gasteiger partial charge on any atom is 0.0677 e. The minimum absolute atomic E-state index is 0.255. The predicted molar refractivity (Wildman–Crippen MR) is 82.2 cm³/mol. The Morgan fingerprint density at radius 2 is 1.00 bits per heavy atom. The Labute approximate surface area is 124 Å². The Kier molecular flexibility index (Phi) is 6.90. The van der Waals surface area contributed by atoms with Gasteiger partial charge in [0.15, 0.2) is 0 Å². The van der Waals surface area contributed by atoms with Gasteiger partial charge in [-0.3, -0.25) is 0 Å². The Balaban J connectivity index is 1.65. The first kappa shape index (κ1) is 15.9. The number of hydrogen-bond acceptors (Lipinski definition) is 2. The van der Waals surface area contributed by atoms with E-state index in [1.54, 1.807) is 0 Å². The summed E-state index contributed by atoms with van der Waals surface area (Å²) in [5.41, 5.74) is 0. The monoisotopic (exact) mass is 278 g/mol. The Morgan fingerprint density at radius 1 is 0.650 bits per heavy atom. The molecule has 2 fully saturated rings. The smallest absolute Gasteiger partial charge is 0.0677 e. The lowest BCUT2D eigenvalue weighted by atomic mass is 9.84. The summed E-state index contributed by atoms with van der Waals surface area (Å²) in [4.78, 5) is 0. The van der Waals surface area contributed by atoms with Gasteiger partial charge in [-0.25, -0.2) is 0 Å². The summed E-state index contributed by atoms with van der Waals surface area (Å²) in [5.74, 6) is 7.10. The van der Waals surface area contributed by atoms with Crippen LogP contribution in [0.2, 0.25) is 0 Å². The molecule has 2 saturated carbocycles. The van der Waals surface area contributed by atoms with Crippen LogP contribution in [0.1, 0.15) is 77.0 Å². The van der Waals surface area contributed by atoms with Crippen molar-refractivity contribution in [3.05, 3.63) is 0 Å². The first-order valence-electron chi connectivity index (χ1n) is 8.59. The molecule has 0 bridgehead atoms. The van der Waals surface area contributed by atoms with Crippen LogP contribution in [-0.4, -0.2) is 22.4 Å². The average molecular weight is 278 g/mol. The Bertz CT molecular complexity index is 286. The normalized spacial score (nSPS) is 24.7. The molecule has 0 aromatic rings. The van der Waals surface area contributed by atoms with Crippen molar-refractivity contribution in [2.75, 3.05) is 0 Å². The van der Waals surface area contributed by atoms with Gasteiger partial charge < -0.3 is 10.2 Å². The summed E-state index contributed by atoms with van der Waals surface area (Å²) in [7, 11) is 0. The molecule has 2 atom stereocenters. The third-order valence-corrected chi connectivity index (χ3v) is 5.14. The topological polar surface area (TPSA) is 40.5 Å². The van der Waals surface area contributed by atoms with Gasteiger partial charge in [0.2, 0.25) is 0 Å². The minimum atomic E-state index is -0.255. The van der Waals surface area contributed by atoms with Crippen molar-refractivity contribution in [2.24, 2.45) is 11.8 Å². The van der Waals surface area contributed by atoms with Crippen LogP contribution in [-0.2, 0) is 0 Å². The van der Waals surface area contributed by atoms with E-state index >= 15 is 0 Å². The Hall–Kier alpha value is -0.520. The fourth-order valence-electron chi connectivity index (χ4n) is 3.72. The zero-order valence-corrected chi connectivity index (χ0v) is 12.7. The zero-order valence-electron chi connectivity index (χ0n) is 12.7. The standard InChI is InChI=1S/C18H30O2/c19-17(15-9-3-1-4-10-15)13-7-8-14-18(20)16-11-5-2-6-12-16/h15-20H,1-6,9-14H2/t17-,18+. The van der Waals surface area contributed by atoms with Crippen LogP contribution in [0.3, 0.4) is 0 Å². The number of hydrogen-bond donors (Lipinski definition) is 2. The summed E-state index contributed by atoms with van der Waals surface area (Å²) in [6.45, 7) is 0. The van der Waals surface area contributed by atoms with Crippen molar-refractivity contribution < 1.29 is 10.2 Å². The molecule has 0 amide bonds. The molecular formula is C18H30O2. The van der Waals surface area contributed by atoms with Crippen molar-refractivity contribution in [3.63, 3.8) is 0 Å². The lowest BCUT2D eigenvalue weighted by Gasteiger charge is -2.25. The summed E-state index contributed by atoms with van der Waals surface area (Å²) in [6.07, 6.45) is 13.0. The van der Waals surface area contributed by atoms with Gasteiger partial charge in [0, 0.05) is 12.8 Å². The van der Waals surface area contributed by atoms with Gasteiger partial charge in [-0.05, 0) is 37.5 Å². The van der Waals surface area contributed by atoms with E-state index in [4.69, 9.17) is 0 Å². The van der Waals surface area contributed by atoms with E-state index in [2.05, 4.69) is 11.8 Å². The molecule has 0 aliphatic heterocycles. The van der Waals surface area contributed by atoms with Gasteiger partial charge in [0.1, 0.15) is 0 Å². The van der Waals surface area contributed by atoms with Crippen LogP contribution in [0.15, 0.2) is 0 Å². The summed E-state index contributed by atoms with van der Waals surface area (Å²) in [6, 6.07) is 0. The van der Waals surface area contributed by atoms with Crippen LogP contribution >= 0.6 is 0 Å². The molecule has 2 rings (SSSR count). The van der Waals surface area contributed by atoms with E-state index in [1.807, 2.05) is 0 Å². The number of rotatable bonds is 4. The molecule has 0 radical (unpaired) electrons. The van der Waals surface area contributed by atoms with E-state index < -0.39 is 0 Å². The molecule has 0 heterocycles. The highest BCUT2D eigenvalue weighted by Gasteiger charge is 2.21. The second-order valence-corrected chi connectivity index (χ2v) is 6.69. The highest BCUT2D eigenvalue weighted by molar-refractivity contribution is 5.03. The Morgan fingerprint density at radius 3 is 1.35 bits per heavy atom. The van der Waals surface area contributed by atoms with E-state index in [0.717, 1.165) is 25.7 Å². The molecule has 2 aliphatic carbocycles.